The Morgan fingerprint density at radius 3 is 2.52 bits per heavy atom. The van der Waals surface area contributed by atoms with Crippen molar-refractivity contribution in [2.45, 2.75) is 33.2 Å². The number of nitrogens with zero attached hydrogens (tertiary/aromatic N) is 3. The molecule has 7 nitrogen and oxygen atoms in total. The van der Waals surface area contributed by atoms with Gasteiger partial charge in [-0.2, -0.15) is 0 Å². The Morgan fingerprint density at radius 2 is 1.83 bits per heavy atom. The van der Waals surface area contributed by atoms with Gasteiger partial charge in [0, 0.05) is 0 Å². The number of imidazole rings is 1. The maximum Gasteiger partial charge on any atom is 0.338 e. The van der Waals surface area contributed by atoms with E-state index in [1.54, 1.807) is 42.1 Å². The van der Waals surface area contributed by atoms with Crippen molar-refractivity contribution < 1.29 is 19.1 Å². The predicted octanol–water partition coefficient (Wildman–Crippen LogP) is 3.33. The minimum atomic E-state index is -0.640. The number of amides is 2. The molecule has 1 saturated heterocycles. The Labute approximate surface area is 167 Å². The average Bonchev–Trinajstić information content (AvgIpc) is 3.22. The molecule has 1 aromatic heterocycles. The summed E-state index contributed by atoms with van der Waals surface area (Å²) in [6, 6.07) is 9.62. The summed E-state index contributed by atoms with van der Waals surface area (Å²) in [6.45, 7) is 6.03. The number of anilines is 1. The molecule has 1 aliphatic rings. The largest absolute Gasteiger partial charge is 0.462 e. The highest BCUT2D eigenvalue weighted by molar-refractivity contribution is 6.22. The zero-order valence-electron chi connectivity index (χ0n) is 16.5. The number of aromatic nitrogens is 2. The maximum atomic E-state index is 13.1. The number of aryl methyl sites for hydroxylation is 2. The van der Waals surface area contributed by atoms with Crippen LogP contribution in [0.5, 0.6) is 0 Å². The first-order valence-electron chi connectivity index (χ1n) is 9.48. The zero-order chi connectivity index (χ0) is 20.7. The van der Waals surface area contributed by atoms with E-state index < -0.39 is 12.0 Å². The summed E-state index contributed by atoms with van der Waals surface area (Å²) >= 11 is 0. The van der Waals surface area contributed by atoms with Crippen LogP contribution in [0.1, 0.15) is 40.9 Å². The predicted molar refractivity (Wildman–Crippen MR) is 108 cm³/mol. The summed E-state index contributed by atoms with van der Waals surface area (Å²) in [5, 5.41) is 0. The first kappa shape index (κ1) is 18.9. The molecule has 1 unspecified atom stereocenters. The lowest BCUT2D eigenvalue weighted by atomic mass is 10.1. The maximum absolute atomic E-state index is 13.1. The Balaban J connectivity index is 1.64. The molecule has 1 aliphatic heterocycles. The molecule has 2 aromatic carbocycles. The first-order valence-corrected chi connectivity index (χ1v) is 9.48. The number of carbonyl (C=O) groups is 3. The third kappa shape index (κ3) is 3.18. The molecule has 3 aromatic rings. The summed E-state index contributed by atoms with van der Waals surface area (Å²) < 4.78 is 6.74. The van der Waals surface area contributed by atoms with Crippen molar-refractivity contribution in [3.8, 4) is 0 Å². The van der Waals surface area contributed by atoms with E-state index in [0.717, 1.165) is 22.2 Å². The summed E-state index contributed by atoms with van der Waals surface area (Å²) in [5.74, 6) is -1.03. The molecule has 0 radical (unpaired) electrons. The van der Waals surface area contributed by atoms with Gasteiger partial charge in [0.25, 0.3) is 5.91 Å². The van der Waals surface area contributed by atoms with E-state index in [0.29, 0.717) is 11.3 Å². The molecule has 7 heteroatoms. The molecule has 2 heterocycles. The molecule has 1 atom stereocenters. The highest BCUT2D eigenvalue weighted by Crippen LogP contribution is 2.32. The fourth-order valence-corrected chi connectivity index (χ4v) is 3.60. The topological polar surface area (TPSA) is 81.5 Å². The van der Waals surface area contributed by atoms with Crippen molar-refractivity contribution in [3.63, 3.8) is 0 Å². The standard InChI is InChI=1S/C22H21N3O4/c1-4-29-22(28)15-5-7-16(8-6-15)25-20(26)11-19(21(25)27)24-12-23-17-9-13(2)14(3)10-18(17)24/h5-10,12,19H,4,11H2,1-3H3. The highest BCUT2D eigenvalue weighted by atomic mass is 16.5. The monoisotopic (exact) mass is 391 g/mol. The Hall–Kier alpha value is -3.48. The molecule has 0 bridgehead atoms. The number of fused-ring (bicyclic) bond motifs is 1. The van der Waals surface area contributed by atoms with Gasteiger partial charge in [0.15, 0.2) is 0 Å². The van der Waals surface area contributed by atoms with E-state index in [1.165, 1.54) is 4.90 Å². The number of hydrogen-bond acceptors (Lipinski definition) is 5. The Kier molecular flexibility index (Phi) is 4.66. The third-order valence-electron chi connectivity index (χ3n) is 5.29. The smallest absolute Gasteiger partial charge is 0.338 e. The minimum absolute atomic E-state index is 0.0663. The normalized spacial score (nSPS) is 16.7. The molecule has 29 heavy (non-hydrogen) atoms. The Bertz CT molecular complexity index is 1130. The summed E-state index contributed by atoms with van der Waals surface area (Å²) in [5.41, 5.74) is 4.66. The fraction of sp³-hybridized carbons (Fsp3) is 0.273. The third-order valence-corrected chi connectivity index (χ3v) is 5.29. The van der Waals surface area contributed by atoms with E-state index in [9.17, 15) is 14.4 Å². The second-order valence-electron chi connectivity index (χ2n) is 7.13. The van der Waals surface area contributed by atoms with E-state index in [2.05, 4.69) is 4.98 Å². The molecule has 0 spiro atoms. The number of ether oxygens (including phenoxy) is 1. The van der Waals surface area contributed by atoms with Crippen LogP contribution in [-0.4, -0.2) is 33.9 Å². The number of imide groups is 1. The van der Waals surface area contributed by atoms with Crippen molar-refractivity contribution in [3.05, 3.63) is 59.4 Å². The van der Waals surface area contributed by atoms with E-state index in [4.69, 9.17) is 4.74 Å². The second kappa shape index (κ2) is 7.16. The van der Waals surface area contributed by atoms with Gasteiger partial charge in [-0.3, -0.25) is 9.59 Å². The van der Waals surface area contributed by atoms with E-state index >= 15 is 0 Å². The molecule has 0 aliphatic carbocycles. The summed E-state index contributed by atoms with van der Waals surface area (Å²) in [4.78, 5) is 43.1. The summed E-state index contributed by atoms with van der Waals surface area (Å²) in [6.07, 6.45) is 1.68. The SMILES string of the molecule is CCOC(=O)c1ccc(N2C(=O)CC(n3cnc4cc(C)c(C)cc43)C2=O)cc1. The van der Waals surface area contributed by atoms with Crippen LogP contribution in [0, 0.1) is 13.8 Å². The van der Waals surface area contributed by atoms with Gasteiger partial charge in [0.05, 0.1) is 41.6 Å². The fourth-order valence-electron chi connectivity index (χ4n) is 3.60. The van der Waals surface area contributed by atoms with Crippen molar-refractivity contribution >= 4 is 34.5 Å². The number of carbonyl (C=O) groups excluding carboxylic acids is 3. The van der Waals surface area contributed by atoms with E-state index in [1.807, 2.05) is 26.0 Å². The molecule has 1 fully saturated rings. The number of rotatable bonds is 4. The molecular weight excluding hydrogens is 370 g/mol. The van der Waals surface area contributed by atoms with Crippen LogP contribution < -0.4 is 4.90 Å². The quantitative estimate of drug-likeness (QED) is 0.503. The van der Waals surface area contributed by atoms with Crippen LogP contribution >= 0.6 is 0 Å². The van der Waals surface area contributed by atoms with Gasteiger partial charge in [-0.15, -0.1) is 0 Å². The van der Waals surface area contributed by atoms with Gasteiger partial charge >= 0.3 is 5.97 Å². The van der Waals surface area contributed by atoms with Gasteiger partial charge in [0.1, 0.15) is 6.04 Å². The van der Waals surface area contributed by atoms with Crippen LogP contribution in [0.3, 0.4) is 0 Å². The lowest BCUT2D eigenvalue weighted by molar-refractivity contribution is -0.122. The van der Waals surface area contributed by atoms with Crippen LogP contribution in [0.25, 0.3) is 11.0 Å². The lowest BCUT2D eigenvalue weighted by Gasteiger charge is -2.16. The van der Waals surface area contributed by atoms with E-state index in [-0.39, 0.29) is 24.8 Å². The molecule has 4 rings (SSSR count). The van der Waals surface area contributed by atoms with Crippen molar-refractivity contribution in [2.75, 3.05) is 11.5 Å². The van der Waals surface area contributed by atoms with Crippen molar-refractivity contribution in [1.82, 2.24) is 9.55 Å². The molecule has 0 N–H and O–H groups in total. The average molecular weight is 391 g/mol. The van der Waals surface area contributed by atoms with Gasteiger partial charge < -0.3 is 9.30 Å². The van der Waals surface area contributed by atoms with Crippen LogP contribution in [-0.2, 0) is 14.3 Å². The Morgan fingerprint density at radius 1 is 1.14 bits per heavy atom. The number of esters is 1. The van der Waals surface area contributed by atoms with Crippen LogP contribution in [0.2, 0.25) is 0 Å². The van der Waals surface area contributed by atoms with Crippen LogP contribution in [0.15, 0.2) is 42.7 Å². The van der Waals surface area contributed by atoms with Gasteiger partial charge in [-0.25, -0.2) is 14.7 Å². The van der Waals surface area contributed by atoms with Gasteiger partial charge in [-0.05, 0) is 68.3 Å². The zero-order valence-corrected chi connectivity index (χ0v) is 16.5. The van der Waals surface area contributed by atoms with Crippen molar-refractivity contribution in [1.29, 1.82) is 0 Å². The first-order chi connectivity index (χ1) is 13.9. The van der Waals surface area contributed by atoms with Gasteiger partial charge in [0.2, 0.25) is 5.91 Å². The minimum Gasteiger partial charge on any atom is -0.462 e. The number of benzene rings is 2. The molecular formula is C22H21N3O4. The second-order valence-corrected chi connectivity index (χ2v) is 7.13. The van der Waals surface area contributed by atoms with Crippen molar-refractivity contribution in [2.24, 2.45) is 0 Å². The molecule has 0 saturated carbocycles. The highest BCUT2D eigenvalue weighted by Gasteiger charge is 2.41. The lowest BCUT2D eigenvalue weighted by Crippen LogP contribution is -2.31. The molecule has 148 valence electrons. The van der Waals surface area contributed by atoms with Crippen LogP contribution in [0.4, 0.5) is 5.69 Å². The van der Waals surface area contributed by atoms with Gasteiger partial charge in [-0.1, -0.05) is 0 Å². The number of hydrogen-bond donors (Lipinski definition) is 0. The summed E-state index contributed by atoms with van der Waals surface area (Å²) in [7, 11) is 0. The molecule has 2 amide bonds.